The van der Waals surface area contributed by atoms with Crippen LogP contribution in [0.5, 0.6) is 0 Å². The van der Waals surface area contributed by atoms with Crippen LogP contribution in [0, 0.1) is 0 Å². The summed E-state index contributed by atoms with van der Waals surface area (Å²) in [4.78, 5) is 29.1. The van der Waals surface area contributed by atoms with Gasteiger partial charge in [-0.1, -0.05) is 32.9 Å². The number of pyridine rings is 1. The quantitative estimate of drug-likeness (QED) is 0.503. The summed E-state index contributed by atoms with van der Waals surface area (Å²) in [6.07, 6.45) is 6.58. The van der Waals surface area contributed by atoms with Gasteiger partial charge in [0.15, 0.2) is 9.84 Å². The third-order valence-electron chi connectivity index (χ3n) is 7.36. The summed E-state index contributed by atoms with van der Waals surface area (Å²) in [6, 6.07) is 10.4. The Morgan fingerprint density at radius 2 is 1.89 bits per heavy atom. The van der Waals surface area contributed by atoms with Crippen molar-refractivity contribution in [2.45, 2.75) is 62.8 Å². The lowest BCUT2D eigenvalue weighted by atomic mass is 9.85. The molecule has 1 N–H and O–H groups in total. The van der Waals surface area contributed by atoms with Gasteiger partial charge in [-0.15, -0.1) is 0 Å². The van der Waals surface area contributed by atoms with E-state index in [1.807, 2.05) is 18.3 Å². The Morgan fingerprint density at radius 3 is 2.56 bits per heavy atom. The lowest BCUT2D eigenvalue weighted by Gasteiger charge is -2.23. The number of hydrogen-bond acceptors (Lipinski definition) is 6. The van der Waals surface area contributed by atoms with E-state index in [0.29, 0.717) is 23.9 Å². The fourth-order valence-corrected chi connectivity index (χ4v) is 5.59. The van der Waals surface area contributed by atoms with Crippen molar-refractivity contribution in [3.8, 4) is 11.3 Å². The number of amides is 2. The van der Waals surface area contributed by atoms with Crippen LogP contribution in [0.3, 0.4) is 0 Å². The van der Waals surface area contributed by atoms with E-state index < -0.39 is 9.84 Å². The van der Waals surface area contributed by atoms with E-state index in [1.54, 1.807) is 42.4 Å². The zero-order valence-corrected chi connectivity index (χ0v) is 21.7. The summed E-state index contributed by atoms with van der Waals surface area (Å²) in [5.74, 6) is 0.539. The largest absolute Gasteiger partial charge is 0.334 e. The van der Waals surface area contributed by atoms with Crippen LogP contribution < -0.4 is 10.2 Å². The first-order valence-electron chi connectivity index (χ1n) is 12.4. The first kappa shape index (κ1) is 24.4. The van der Waals surface area contributed by atoms with Gasteiger partial charge in [0.1, 0.15) is 6.33 Å². The van der Waals surface area contributed by atoms with Crippen LogP contribution in [0.15, 0.2) is 53.8 Å². The van der Waals surface area contributed by atoms with Gasteiger partial charge in [0.2, 0.25) is 0 Å². The summed E-state index contributed by atoms with van der Waals surface area (Å²) in [6.45, 7) is 6.73. The van der Waals surface area contributed by atoms with Crippen LogP contribution in [0.2, 0.25) is 0 Å². The lowest BCUT2D eigenvalue weighted by molar-refractivity contribution is 0.245. The number of rotatable bonds is 7. The van der Waals surface area contributed by atoms with Crippen molar-refractivity contribution in [2.75, 3.05) is 17.2 Å². The molecule has 0 bridgehead atoms. The zero-order valence-electron chi connectivity index (χ0n) is 20.9. The summed E-state index contributed by atoms with van der Waals surface area (Å²) in [5.41, 5.74) is 5.17. The maximum absolute atomic E-state index is 13.2. The Morgan fingerprint density at radius 1 is 1.14 bits per heavy atom. The molecule has 2 amide bonds. The van der Waals surface area contributed by atoms with Gasteiger partial charge in [0.05, 0.1) is 33.4 Å². The minimum Gasteiger partial charge on any atom is -0.334 e. The average Bonchev–Trinajstić information content (AvgIpc) is 3.71. The normalized spacial score (nSPS) is 19.2. The standard InChI is InChI=1S/C27H31N5O3S/c1-4-27(3)16-32(26(33)29-14-18-6-10-20(11-7-18)36(34,35)5-2)23-13-12-22(31-25(23)27)21-15-28-17-30-24(21)19-8-9-19/h6-7,10-13,15,17,19H,4-5,8-9,14,16H2,1-3H3,(H,29,33). The first-order valence-corrected chi connectivity index (χ1v) is 14.1. The van der Waals surface area contributed by atoms with Crippen LogP contribution in [-0.4, -0.2) is 41.7 Å². The maximum Gasteiger partial charge on any atom is 0.322 e. The lowest BCUT2D eigenvalue weighted by Crippen LogP contribution is -2.41. The molecule has 9 heteroatoms. The molecule has 2 aliphatic rings. The summed E-state index contributed by atoms with van der Waals surface area (Å²) in [7, 11) is -3.25. The molecule has 0 radical (unpaired) electrons. The predicted molar refractivity (Wildman–Crippen MR) is 139 cm³/mol. The van der Waals surface area contributed by atoms with Gasteiger partial charge in [0.25, 0.3) is 0 Å². The second kappa shape index (κ2) is 9.28. The van der Waals surface area contributed by atoms with Crippen LogP contribution in [0.1, 0.15) is 62.9 Å². The number of hydrogen-bond donors (Lipinski definition) is 1. The Bertz CT molecular complexity index is 1400. The number of nitrogens with one attached hydrogen (secondary N) is 1. The van der Waals surface area contributed by atoms with E-state index in [9.17, 15) is 13.2 Å². The zero-order chi connectivity index (χ0) is 25.5. The highest BCUT2D eigenvalue weighted by molar-refractivity contribution is 7.91. The summed E-state index contributed by atoms with van der Waals surface area (Å²) >= 11 is 0. The molecule has 1 aromatic carbocycles. The fourth-order valence-electron chi connectivity index (χ4n) is 4.71. The molecule has 1 atom stereocenters. The van der Waals surface area contributed by atoms with E-state index in [1.165, 1.54) is 0 Å². The Hall–Kier alpha value is -3.33. The Balaban J connectivity index is 1.37. The van der Waals surface area contributed by atoms with Crippen molar-refractivity contribution in [3.63, 3.8) is 0 Å². The Kier molecular flexibility index (Phi) is 6.28. The highest BCUT2D eigenvalue weighted by Gasteiger charge is 2.42. The van der Waals surface area contributed by atoms with E-state index >= 15 is 0 Å². The molecule has 0 spiro atoms. The number of anilines is 1. The third-order valence-corrected chi connectivity index (χ3v) is 9.11. The molecule has 1 aliphatic heterocycles. The highest BCUT2D eigenvalue weighted by atomic mass is 32.2. The molecule has 2 aromatic heterocycles. The molecular formula is C27H31N5O3S. The number of urea groups is 1. The number of benzene rings is 1. The molecule has 8 nitrogen and oxygen atoms in total. The molecule has 1 fully saturated rings. The number of aromatic nitrogens is 3. The molecule has 5 rings (SSSR count). The second-order valence-corrected chi connectivity index (χ2v) is 12.1. The van der Waals surface area contributed by atoms with Crippen molar-refractivity contribution in [1.29, 1.82) is 0 Å². The minimum absolute atomic E-state index is 0.0581. The van der Waals surface area contributed by atoms with E-state index in [-0.39, 0.29) is 17.2 Å². The molecule has 188 valence electrons. The monoisotopic (exact) mass is 505 g/mol. The third kappa shape index (κ3) is 4.48. The SMILES string of the molecule is CCC1(C)CN(C(=O)NCc2ccc(S(=O)(=O)CC)cc2)c2ccc(-c3cncnc3C3CC3)nc21. The Labute approximate surface area is 212 Å². The van der Waals surface area contributed by atoms with Gasteiger partial charge in [-0.05, 0) is 49.1 Å². The van der Waals surface area contributed by atoms with Gasteiger partial charge in [0, 0.05) is 36.2 Å². The van der Waals surface area contributed by atoms with Gasteiger partial charge in [-0.2, -0.15) is 0 Å². The maximum atomic E-state index is 13.2. The topological polar surface area (TPSA) is 105 Å². The van der Waals surface area contributed by atoms with Gasteiger partial charge < -0.3 is 5.32 Å². The fraction of sp³-hybridized carbons (Fsp3) is 0.407. The minimum atomic E-state index is -3.25. The molecule has 3 aromatic rings. The first-order chi connectivity index (χ1) is 17.3. The number of carbonyl (C=O) groups is 1. The van der Waals surface area contributed by atoms with Crippen molar-refractivity contribution in [2.24, 2.45) is 0 Å². The smallest absolute Gasteiger partial charge is 0.322 e. The number of nitrogens with zero attached hydrogens (tertiary/aromatic N) is 4. The summed E-state index contributed by atoms with van der Waals surface area (Å²) < 4.78 is 24.1. The molecular weight excluding hydrogens is 474 g/mol. The van der Waals surface area contributed by atoms with Gasteiger partial charge in [-0.3, -0.25) is 4.90 Å². The van der Waals surface area contributed by atoms with Crippen molar-refractivity contribution < 1.29 is 13.2 Å². The number of carbonyl (C=O) groups excluding carboxylic acids is 1. The van der Waals surface area contributed by atoms with Crippen molar-refractivity contribution >= 4 is 21.6 Å². The van der Waals surface area contributed by atoms with Gasteiger partial charge in [-0.25, -0.2) is 28.2 Å². The molecule has 36 heavy (non-hydrogen) atoms. The van der Waals surface area contributed by atoms with E-state index in [4.69, 9.17) is 4.98 Å². The number of fused-ring (bicyclic) bond motifs is 1. The van der Waals surface area contributed by atoms with Crippen LogP contribution in [0.4, 0.5) is 10.5 Å². The molecule has 0 saturated heterocycles. The average molecular weight is 506 g/mol. The number of sulfone groups is 1. The van der Waals surface area contributed by atoms with E-state index in [2.05, 4.69) is 29.1 Å². The van der Waals surface area contributed by atoms with E-state index in [0.717, 1.165) is 53.2 Å². The second-order valence-electron chi connectivity index (χ2n) is 9.87. The highest BCUT2D eigenvalue weighted by Crippen LogP contribution is 2.45. The molecule has 1 unspecified atom stereocenters. The van der Waals surface area contributed by atoms with Crippen molar-refractivity contribution in [1.82, 2.24) is 20.3 Å². The summed E-state index contributed by atoms with van der Waals surface area (Å²) in [5, 5.41) is 2.98. The molecule has 1 aliphatic carbocycles. The van der Waals surface area contributed by atoms with Crippen molar-refractivity contribution in [3.05, 3.63) is 65.9 Å². The van der Waals surface area contributed by atoms with Crippen LogP contribution in [-0.2, 0) is 21.8 Å². The molecule has 1 saturated carbocycles. The molecule has 3 heterocycles. The van der Waals surface area contributed by atoms with Crippen LogP contribution >= 0.6 is 0 Å². The van der Waals surface area contributed by atoms with Gasteiger partial charge >= 0.3 is 6.03 Å². The predicted octanol–water partition coefficient (Wildman–Crippen LogP) is 4.61. The van der Waals surface area contributed by atoms with Crippen LogP contribution in [0.25, 0.3) is 11.3 Å².